The van der Waals surface area contributed by atoms with Crippen LogP contribution in [0.1, 0.15) is 15.9 Å². The number of carbonyl (C=O) groups is 1. The van der Waals surface area contributed by atoms with Crippen LogP contribution in [-0.4, -0.2) is 32.5 Å². The molecule has 0 saturated heterocycles. The molecule has 1 unspecified atom stereocenters. The van der Waals surface area contributed by atoms with E-state index < -0.39 is 16.3 Å². The maximum Gasteiger partial charge on any atom is 0.242 e. The fourth-order valence-corrected chi connectivity index (χ4v) is 3.56. The molecule has 8 nitrogen and oxygen atoms in total. The monoisotopic (exact) mass is 427 g/mol. The van der Waals surface area contributed by atoms with E-state index in [1.54, 1.807) is 54.7 Å². The lowest BCUT2D eigenvalue weighted by atomic mass is 10.2. The molecule has 0 spiro atoms. The summed E-state index contributed by atoms with van der Waals surface area (Å²) in [4.78, 5) is 20.5. The number of benzene rings is 2. The summed E-state index contributed by atoms with van der Waals surface area (Å²) in [6.45, 7) is 1.74. The van der Waals surface area contributed by atoms with Crippen LogP contribution in [0.15, 0.2) is 78.0 Å². The zero-order chi connectivity index (χ0) is 21.4. The third-order valence-corrected chi connectivity index (χ3v) is 5.46. The van der Waals surface area contributed by atoms with Gasteiger partial charge in [0, 0.05) is 11.8 Å². The van der Waals surface area contributed by atoms with Crippen molar-refractivity contribution < 1.29 is 22.8 Å². The van der Waals surface area contributed by atoms with E-state index in [4.69, 9.17) is 9.57 Å². The number of anilines is 1. The molecule has 2 aromatic carbocycles. The molecule has 156 valence electrons. The van der Waals surface area contributed by atoms with E-state index in [0.29, 0.717) is 23.3 Å². The number of ether oxygens (including phenoxy) is 1. The van der Waals surface area contributed by atoms with Crippen molar-refractivity contribution >= 4 is 22.0 Å². The molecular weight excluding hydrogens is 406 g/mol. The molecule has 0 saturated carbocycles. The normalized spacial score (nSPS) is 12.2. The van der Waals surface area contributed by atoms with Crippen LogP contribution in [0.4, 0.5) is 5.69 Å². The summed E-state index contributed by atoms with van der Waals surface area (Å²) in [5.74, 6) is 0.462. The number of pyridine rings is 1. The smallest absolute Gasteiger partial charge is 0.242 e. The minimum Gasteiger partial charge on any atom is -0.488 e. The maximum absolute atomic E-state index is 12.7. The second kappa shape index (κ2) is 9.97. The molecule has 1 aromatic heterocycles. The first-order valence-electron chi connectivity index (χ1n) is 9.05. The van der Waals surface area contributed by atoms with Crippen LogP contribution in [0.3, 0.4) is 0 Å². The van der Waals surface area contributed by atoms with Crippen LogP contribution < -0.4 is 14.9 Å². The van der Waals surface area contributed by atoms with E-state index in [9.17, 15) is 13.2 Å². The molecule has 9 heteroatoms. The number of rotatable bonds is 10. The fraction of sp³-hybridized carbons (Fsp3) is 0.143. The Hall–Kier alpha value is -3.27. The molecule has 0 aliphatic heterocycles. The SMILES string of the molecule is Cc1ccc(S(=O)(=O)NC(COc2cccnc2)ONc2cccc(C=O)c2)cc1. The van der Waals surface area contributed by atoms with E-state index in [1.165, 1.54) is 18.3 Å². The van der Waals surface area contributed by atoms with Crippen molar-refractivity contribution in [1.29, 1.82) is 0 Å². The average Bonchev–Trinajstić information content (AvgIpc) is 2.76. The fourth-order valence-electron chi connectivity index (χ4n) is 2.47. The Morgan fingerprint density at radius 1 is 1.10 bits per heavy atom. The highest BCUT2D eigenvalue weighted by molar-refractivity contribution is 7.89. The number of aryl methyl sites for hydroxylation is 1. The third kappa shape index (κ3) is 6.11. The van der Waals surface area contributed by atoms with Gasteiger partial charge in [0.25, 0.3) is 0 Å². The van der Waals surface area contributed by atoms with Crippen LogP contribution in [0.25, 0.3) is 0 Å². The van der Waals surface area contributed by atoms with Crippen molar-refractivity contribution in [2.75, 3.05) is 12.1 Å². The largest absolute Gasteiger partial charge is 0.488 e. The van der Waals surface area contributed by atoms with Gasteiger partial charge < -0.3 is 4.74 Å². The van der Waals surface area contributed by atoms with Gasteiger partial charge in [0.2, 0.25) is 10.0 Å². The van der Waals surface area contributed by atoms with Gasteiger partial charge in [-0.3, -0.25) is 20.1 Å². The van der Waals surface area contributed by atoms with E-state index in [0.717, 1.165) is 5.56 Å². The highest BCUT2D eigenvalue weighted by Gasteiger charge is 2.22. The number of carbonyl (C=O) groups excluding carboxylic acids is 1. The van der Waals surface area contributed by atoms with Crippen LogP contribution in [0.2, 0.25) is 0 Å². The number of aldehydes is 1. The van der Waals surface area contributed by atoms with E-state index in [2.05, 4.69) is 15.2 Å². The van der Waals surface area contributed by atoms with Crippen LogP contribution in [-0.2, 0) is 14.9 Å². The average molecular weight is 427 g/mol. The first kappa shape index (κ1) is 21.4. The number of sulfonamides is 1. The Bertz CT molecular complexity index is 1070. The summed E-state index contributed by atoms with van der Waals surface area (Å²) in [7, 11) is -3.86. The van der Waals surface area contributed by atoms with Crippen molar-refractivity contribution in [3.8, 4) is 5.75 Å². The molecule has 0 aliphatic rings. The topological polar surface area (TPSA) is 107 Å². The second-order valence-electron chi connectivity index (χ2n) is 6.39. The predicted octanol–water partition coefficient (Wildman–Crippen LogP) is 2.93. The molecule has 0 fully saturated rings. The molecule has 1 atom stereocenters. The lowest BCUT2D eigenvalue weighted by Crippen LogP contribution is -2.42. The van der Waals surface area contributed by atoms with Gasteiger partial charge in [0.15, 0.2) is 6.23 Å². The zero-order valence-corrected chi connectivity index (χ0v) is 17.0. The van der Waals surface area contributed by atoms with Crippen LogP contribution >= 0.6 is 0 Å². The molecule has 3 aromatic rings. The summed E-state index contributed by atoms with van der Waals surface area (Å²) in [6, 6.07) is 16.4. The Morgan fingerprint density at radius 3 is 2.60 bits per heavy atom. The quantitative estimate of drug-likeness (QED) is 0.291. The lowest BCUT2D eigenvalue weighted by molar-refractivity contribution is 0.0483. The number of hydrogen-bond donors (Lipinski definition) is 2. The van der Waals surface area contributed by atoms with Crippen molar-refractivity contribution in [2.45, 2.75) is 18.0 Å². The molecule has 0 radical (unpaired) electrons. The van der Waals surface area contributed by atoms with Crippen molar-refractivity contribution in [1.82, 2.24) is 9.71 Å². The summed E-state index contributed by atoms with van der Waals surface area (Å²) in [6.07, 6.45) is 2.74. The minimum atomic E-state index is -3.86. The number of nitrogens with zero attached hydrogens (tertiary/aromatic N) is 1. The number of hydrogen-bond acceptors (Lipinski definition) is 7. The highest BCUT2D eigenvalue weighted by atomic mass is 32.2. The van der Waals surface area contributed by atoms with Gasteiger partial charge in [-0.1, -0.05) is 29.8 Å². The summed E-state index contributed by atoms with van der Waals surface area (Å²) < 4.78 is 33.6. The molecular formula is C21H21N3O5S. The van der Waals surface area contributed by atoms with Crippen molar-refractivity contribution in [3.05, 3.63) is 84.2 Å². The molecule has 2 N–H and O–H groups in total. The Labute approximate surface area is 174 Å². The minimum absolute atomic E-state index is 0.103. The van der Waals surface area contributed by atoms with Gasteiger partial charge in [0.05, 0.1) is 16.8 Å². The number of aromatic nitrogens is 1. The number of nitrogens with one attached hydrogen (secondary N) is 2. The first-order chi connectivity index (χ1) is 14.5. The molecule has 0 amide bonds. The summed E-state index contributed by atoms with van der Waals surface area (Å²) in [5, 5.41) is 0. The standard InChI is InChI=1S/C21H21N3O5S/c1-16-7-9-20(10-8-16)30(26,27)24-21(15-28-19-6-3-11-22-13-19)29-23-18-5-2-4-17(12-18)14-25/h2-14,21,23-24H,15H2,1H3. The lowest BCUT2D eigenvalue weighted by Gasteiger charge is -2.20. The molecule has 0 bridgehead atoms. The van der Waals surface area contributed by atoms with E-state index in [-0.39, 0.29) is 11.5 Å². The second-order valence-corrected chi connectivity index (χ2v) is 8.10. The van der Waals surface area contributed by atoms with Gasteiger partial charge in [-0.2, -0.15) is 4.72 Å². The maximum atomic E-state index is 12.7. The Kier molecular flexibility index (Phi) is 7.12. The van der Waals surface area contributed by atoms with E-state index >= 15 is 0 Å². The highest BCUT2D eigenvalue weighted by Crippen LogP contribution is 2.14. The molecule has 3 rings (SSSR count). The Balaban J connectivity index is 1.73. The van der Waals surface area contributed by atoms with Gasteiger partial charge in [0.1, 0.15) is 18.6 Å². The van der Waals surface area contributed by atoms with Gasteiger partial charge in [-0.25, -0.2) is 8.42 Å². The molecule has 0 aliphatic carbocycles. The van der Waals surface area contributed by atoms with E-state index in [1.807, 2.05) is 6.92 Å². The molecule has 30 heavy (non-hydrogen) atoms. The first-order valence-corrected chi connectivity index (χ1v) is 10.5. The summed E-state index contributed by atoms with van der Waals surface area (Å²) >= 11 is 0. The Morgan fingerprint density at radius 2 is 1.90 bits per heavy atom. The van der Waals surface area contributed by atoms with Crippen molar-refractivity contribution in [3.63, 3.8) is 0 Å². The van der Waals surface area contributed by atoms with Crippen molar-refractivity contribution in [2.24, 2.45) is 0 Å². The van der Waals surface area contributed by atoms with Crippen LogP contribution in [0.5, 0.6) is 5.75 Å². The summed E-state index contributed by atoms with van der Waals surface area (Å²) in [5.41, 5.74) is 4.54. The van der Waals surface area contributed by atoms with Crippen LogP contribution in [0, 0.1) is 6.92 Å². The van der Waals surface area contributed by atoms with Gasteiger partial charge in [-0.05, 0) is 43.3 Å². The van der Waals surface area contributed by atoms with Gasteiger partial charge in [-0.15, -0.1) is 0 Å². The third-order valence-electron chi connectivity index (χ3n) is 4.00. The molecule has 1 heterocycles. The zero-order valence-electron chi connectivity index (χ0n) is 16.2. The predicted molar refractivity (Wildman–Crippen MR) is 112 cm³/mol. The van der Waals surface area contributed by atoms with Gasteiger partial charge >= 0.3 is 0 Å².